The minimum Gasteiger partial charge on any atom is -0.375 e. The van der Waals surface area contributed by atoms with E-state index in [-0.39, 0.29) is 25.0 Å². The third kappa shape index (κ3) is 6.94. The van der Waals surface area contributed by atoms with E-state index in [4.69, 9.17) is 4.74 Å². The van der Waals surface area contributed by atoms with E-state index in [9.17, 15) is 22.4 Å². The average molecular weight is 448 g/mol. The summed E-state index contributed by atoms with van der Waals surface area (Å²) in [7, 11) is 1.51. The number of amides is 1. The third-order valence-corrected chi connectivity index (χ3v) is 6.63. The molecule has 3 rings (SSSR count). The van der Waals surface area contributed by atoms with E-state index >= 15 is 0 Å². The molecule has 1 saturated heterocycles. The van der Waals surface area contributed by atoms with Crippen molar-refractivity contribution in [2.45, 2.75) is 57.2 Å². The van der Waals surface area contributed by atoms with Gasteiger partial charge in [0.05, 0.1) is 5.57 Å². The number of hydrogen-bond donors (Lipinski definition) is 1. The van der Waals surface area contributed by atoms with Crippen molar-refractivity contribution < 1.29 is 27.1 Å². The van der Waals surface area contributed by atoms with Gasteiger partial charge in [0.25, 0.3) is 0 Å². The van der Waals surface area contributed by atoms with Crippen LogP contribution in [-0.2, 0) is 9.53 Å². The Morgan fingerprint density at radius 2 is 1.81 bits per heavy atom. The molecule has 2 fully saturated rings. The quantitative estimate of drug-likeness (QED) is 0.604. The Kier molecular flexibility index (Phi) is 8.38. The zero-order chi connectivity index (χ0) is 22.4. The van der Waals surface area contributed by atoms with Gasteiger partial charge in [-0.2, -0.15) is 13.2 Å². The van der Waals surface area contributed by atoms with Crippen LogP contribution in [0.4, 0.5) is 17.6 Å². The van der Waals surface area contributed by atoms with Gasteiger partial charge in [-0.1, -0.05) is 0 Å². The van der Waals surface area contributed by atoms with Gasteiger partial charge in [0.1, 0.15) is 12.4 Å². The lowest BCUT2D eigenvalue weighted by atomic mass is 9.84. The first-order valence-corrected chi connectivity index (χ1v) is 11.2. The lowest BCUT2D eigenvalue weighted by Crippen LogP contribution is -2.46. The van der Waals surface area contributed by atoms with Gasteiger partial charge >= 0.3 is 6.18 Å². The average Bonchev–Trinajstić information content (AvgIpc) is 2.73. The molecule has 31 heavy (non-hydrogen) atoms. The van der Waals surface area contributed by atoms with E-state index in [1.54, 1.807) is 0 Å². The van der Waals surface area contributed by atoms with Gasteiger partial charge < -0.3 is 15.0 Å². The lowest BCUT2D eigenvalue weighted by molar-refractivity contribution is -0.125. The normalized spacial score (nSPS) is 26.1. The van der Waals surface area contributed by atoms with Gasteiger partial charge in [-0.25, -0.2) is 4.39 Å². The van der Waals surface area contributed by atoms with Crippen LogP contribution < -0.4 is 5.32 Å². The Bertz CT molecular complexity index is 677. The number of allylic oxidation sites excluding steroid dienone is 4. The number of carbonyl (C=O) groups is 1. The SMILES string of the molecule is COCC(=O)NC1CCC(CCN2CCN(C3=CC(C(F)(F)F)=C(F)CC3)CC2)CC1. The molecule has 0 spiro atoms. The smallest absolute Gasteiger partial charge is 0.375 e. The highest BCUT2D eigenvalue weighted by atomic mass is 19.4. The minimum atomic E-state index is -4.64. The maximum absolute atomic E-state index is 13.6. The highest BCUT2D eigenvalue weighted by molar-refractivity contribution is 5.77. The molecular formula is C22H33F4N3O2. The van der Waals surface area contributed by atoms with Crippen molar-refractivity contribution >= 4 is 5.91 Å². The van der Waals surface area contributed by atoms with Crippen LogP contribution in [-0.4, -0.2) is 74.4 Å². The minimum absolute atomic E-state index is 0.0579. The largest absolute Gasteiger partial charge is 0.418 e. The van der Waals surface area contributed by atoms with Gasteiger partial charge in [-0.3, -0.25) is 9.69 Å². The van der Waals surface area contributed by atoms with Crippen molar-refractivity contribution in [1.29, 1.82) is 0 Å². The zero-order valence-electron chi connectivity index (χ0n) is 18.1. The maximum atomic E-state index is 13.6. The molecule has 2 aliphatic carbocycles. The van der Waals surface area contributed by atoms with E-state index in [0.717, 1.165) is 57.8 Å². The molecule has 0 bridgehead atoms. The highest BCUT2D eigenvalue weighted by Gasteiger charge is 2.38. The molecule has 1 amide bonds. The molecule has 1 heterocycles. The van der Waals surface area contributed by atoms with Crippen LogP contribution in [0.1, 0.15) is 44.9 Å². The van der Waals surface area contributed by atoms with E-state index in [2.05, 4.69) is 10.2 Å². The Morgan fingerprint density at radius 1 is 1.13 bits per heavy atom. The highest BCUT2D eigenvalue weighted by Crippen LogP contribution is 2.37. The summed E-state index contributed by atoms with van der Waals surface area (Å²) in [6.45, 7) is 4.07. The fourth-order valence-electron chi connectivity index (χ4n) is 4.79. The summed E-state index contributed by atoms with van der Waals surface area (Å²) in [5.74, 6) is -0.461. The summed E-state index contributed by atoms with van der Waals surface area (Å²) in [5, 5.41) is 3.01. The molecule has 9 heteroatoms. The molecule has 0 aromatic carbocycles. The molecule has 1 saturated carbocycles. The molecule has 176 valence electrons. The lowest BCUT2D eigenvalue weighted by Gasteiger charge is -2.39. The second-order valence-corrected chi connectivity index (χ2v) is 8.79. The summed E-state index contributed by atoms with van der Waals surface area (Å²) >= 11 is 0. The first-order chi connectivity index (χ1) is 14.8. The van der Waals surface area contributed by atoms with Gasteiger partial charge in [0.15, 0.2) is 0 Å². The molecule has 1 N–H and O–H groups in total. The maximum Gasteiger partial charge on any atom is 0.418 e. The van der Waals surface area contributed by atoms with E-state index in [0.29, 0.717) is 31.1 Å². The molecule has 5 nitrogen and oxygen atoms in total. The van der Waals surface area contributed by atoms with Gasteiger partial charge in [-0.05, 0) is 57.1 Å². The monoisotopic (exact) mass is 447 g/mol. The molecule has 0 aromatic heterocycles. The first-order valence-electron chi connectivity index (χ1n) is 11.2. The molecule has 0 unspecified atom stereocenters. The summed E-state index contributed by atoms with van der Waals surface area (Å²) in [6.07, 6.45) is 1.81. The van der Waals surface area contributed by atoms with Crippen LogP contribution in [0, 0.1) is 5.92 Å². The Morgan fingerprint density at radius 3 is 2.42 bits per heavy atom. The molecule has 0 radical (unpaired) electrons. The summed E-state index contributed by atoms with van der Waals surface area (Å²) in [5.41, 5.74) is -0.521. The number of hydrogen-bond acceptors (Lipinski definition) is 4. The number of nitrogens with one attached hydrogen (secondary N) is 1. The standard InChI is InChI=1S/C22H33F4N3O2/c1-31-15-21(30)27-17-4-2-16(3-5-17)8-9-28-10-12-29(13-11-28)18-6-7-20(23)19(14-18)22(24,25)26/h14,16-17H,2-13,15H2,1H3,(H,27,30). The van der Waals surface area contributed by atoms with Crippen molar-refractivity contribution in [2.24, 2.45) is 5.92 Å². The van der Waals surface area contributed by atoms with Crippen LogP contribution in [0.15, 0.2) is 23.2 Å². The van der Waals surface area contributed by atoms with Crippen molar-refractivity contribution in [1.82, 2.24) is 15.1 Å². The summed E-state index contributed by atoms with van der Waals surface area (Å²) < 4.78 is 57.4. The predicted octanol–water partition coefficient (Wildman–Crippen LogP) is 3.78. The zero-order valence-corrected chi connectivity index (χ0v) is 18.1. The number of methoxy groups -OCH3 is 1. The summed E-state index contributed by atoms with van der Waals surface area (Å²) in [6, 6.07) is 0.242. The van der Waals surface area contributed by atoms with Crippen molar-refractivity contribution in [3.8, 4) is 0 Å². The van der Waals surface area contributed by atoms with E-state index in [1.165, 1.54) is 7.11 Å². The van der Waals surface area contributed by atoms with Gasteiger partial charge in [0.2, 0.25) is 5.91 Å². The third-order valence-electron chi connectivity index (χ3n) is 6.63. The van der Waals surface area contributed by atoms with Crippen LogP contribution in [0.25, 0.3) is 0 Å². The van der Waals surface area contributed by atoms with Gasteiger partial charge in [-0.15, -0.1) is 0 Å². The fourth-order valence-corrected chi connectivity index (χ4v) is 4.79. The van der Waals surface area contributed by atoms with Crippen LogP contribution in [0.2, 0.25) is 0 Å². The number of piperazine rings is 1. The fraction of sp³-hybridized carbons (Fsp3) is 0.773. The van der Waals surface area contributed by atoms with E-state index < -0.39 is 17.6 Å². The molecular weight excluding hydrogens is 414 g/mol. The van der Waals surface area contributed by atoms with Gasteiger partial charge in [0, 0.05) is 51.4 Å². The number of nitrogens with zero attached hydrogens (tertiary/aromatic N) is 2. The molecule has 1 aliphatic heterocycles. The van der Waals surface area contributed by atoms with Crippen LogP contribution in [0.3, 0.4) is 0 Å². The number of alkyl halides is 3. The summed E-state index contributed by atoms with van der Waals surface area (Å²) in [4.78, 5) is 16.0. The molecule has 3 aliphatic rings. The number of ether oxygens (including phenoxy) is 1. The first kappa shape index (κ1) is 24.0. The Hall–Kier alpha value is -1.61. The number of halogens is 4. The van der Waals surface area contributed by atoms with E-state index in [1.807, 2.05) is 4.90 Å². The van der Waals surface area contributed by atoms with Crippen molar-refractivity contribution in [2.75, 3.05) is 46.4 Å². The molecule has 0 aromatic rings. The number of carbonyl (C=O) groups excluding carboxylic acids is 1. The second kappa shape index (κ2) is 10.8. The van der Waals surface area contributed by atoms with Crippen LogP contribution >= 0.6 is 0 Å². The Balaban J connectivity index is 1.37. The van der Waals surface area contributed by atoms with Crippen LogP contribution in [0.5, 0.6) is 0 Å². The predicted molar refractivity (Wildman–Crippen MR) is 110 cm³/mol. The van der Waals surface area contributed by atoms with Crippen molar-refractivity contribution in [3.05, 3.63) is 23.2 Å². The number of rotatable bonds is 7. The molecule has 0 atom stereocenters. The topological polar surface area (TPSA) is 44.8 Å². The second-order valence-electron chi connectivity index (χ2n) is 8.79. The van der Waals surface area contributed by atoms with Crippen molar-refractivity contribution in [3.63, 3.8) is 0 Å². The Labute approximate surface area is 181 Å².